The van der Waals surface area contributed by atoms with E-state index in [1.165, 1.54) is 43.5 Å². The van der Waals surface area contributed by atoms with Gasteiger partial charge in [0.25, 0.3) is 0 Å². The highest BCUT2D eigenvalue weighted by atomic mass is 32.1. The van der Waals surface area contributed by atoms with E-state index in [4.69, 9.17) is 0 Å². The molecule has 0 spiro atoms. The molecule has 15 heavy (non-hydrogen) atoms. The molecule has 84 valence electrons. The molecule has 3 heteroatoms. The van der Waals surface area contributed by atoms with Crippen molar-refractivity contribution in [2.45, 2.75) is 57.5 Å². The van der Waals surface area contributed by atoms with Crippen LogP contribution in [0.1, 0.15) is 56.5 Å². The molecule has 1 heterocycles. The Morgan fingerprint density at radius 3 is 2.67 bits per heavy atom. The number of nitrogens with one attached hydrogen (secondary N) is 1. The highest BCUT2D eigenvalue weighted by Crippen LogP contribution is 2.21. The second-order valence-electron chi connectivity index (χ2n) is 4.45. The van der Waals surface area contributed by atoms with Crippen LogP contribution in [0, 0.1) is 0 Å². The van der Waals surface area contributed by atoms with Gasteiger partial charge in [0.1, 0.15) is 5.01 Å². The molecule has 1 saturated carbocycles. The van der Waals surface area contributed by atoms with E-state index in [-0.39, 0.29) is 0 Å². The van der Waals surface area contributed by atoms with E-state index in [1.54, 1.807) is 11.3 Å². The lowest BCUT2D eigenvalue weighted by atomic mass is 10.1. The third kappa shape index (κ3) is 3.28. The molecule has 1 N–H and O–H groups in total. The molecule has 0 amide bonds. The van der Waals surface area contributed by atoms with Gasteiger partial charge in [-0.25, -0.2) is 4.98 Å². The van der Waals surface area contributed by atoms with E-state index in [1.807, 2.05) is 6.20 Å². The number of hydrogen-bond donors (Lipinski definition) is 1. The molecule has 0 radical (unpaired) electrons. The minimum absolute atomic E-state index is 0.424. The topological polar surface area (TPSA) is 24.9 Å². The maximum Gasteiger partial charge on any atom is 0.109 e. The first-order valence-corrected chi connectivity index (χ1v) is 6.89. The van der Waals surface area contributed by atoms with Crippen LogP contribution < -0.4 is 5.32 Å². The average Bonchev–Trinajstić information content (AvgIpc) is 2.65. The molecule has 1 fully saturated rings. The minimum atomic E-state index is 0.424. The Morgan fingerprint density at radius 2 is 2.07 bits per heavy atom. The van der Waals surface area contributed by atoms with Crippen LogP contribution in [0.4, 0.5) is 0 Å². The van der Waals surface area contributed by atoms with Crippen molar-refractivity contribution < 1.29 is 0 Å². The zero-order valence-electron chi connectivity index (χ0n) is 9.41. The number of thiazole rings is 1. The molecule has 0 aliphatic heterocycles. The Hall–Kier alpha value is -0.410. The Bertz CT molecular complexity index is 263. The molecule has 0 bridgehead atoms. The van der Waals surface area contributed by atoms with Gasteiger partial charge in [-0.3, -0.25) is 0 Å². The van der Waals surface area contributed by atoms with Crippen LogP contribution in [0.5, 0.6) is 0 Å². The number of rotatable bonds is 3. The molecule has 0 aromatic carbocycles. The molecular weight excluding hydrogens is 204 g/mol. The highest BCUT2D eigenvalue weighted by molar-refractivity contribution is 7.09. The van der Waals surface area contributed by atoms with Crippen LogP contribution in [0.2, 0.25) is 0 Å². The smallest absolute Gasteiger partial charge is 0.109 e. The van der Waals surface area contributed by atoms with Crippen molar-refractivity contribution in [1.82, 2.24) is 10.3 Å². The minimum Gasteiger partial charge on any atom is -0.305 e. The zero-order chi connectivity index (χ0) is 10.5. The van der Waals surface area contributed by atoms with Gasteiger partial charge in [-0.1, -0.05) is 25.7 Å². The maximum absolute atomic E-state index is 4.36. The monoisotopic (exact) mass is 224 g/mol. The largest absolute Gasteiger partial charge is 0.305 e. The average molecular weight is 224 g/mol. The normalized spacial score (nSPS) is 21.1. The Morgan fingerprint density at radius 1 is 1.33 bits per heavy atom. The third-order valence-electron chi connectivity index (χ3n) is 3.16. The summed E-state index contributed by atoms with van der Waals surface area (Å²) in [6, 6.07) is 1.14. The van der Waals surface area contributed by atoms with E-state index < -0.39 is 0 Å². The van der Waals surface area contributed by atoms with Gasteiger partial charge in [0.2, 0.25) is 0 Å². The maximum atomic E-state index is 4.36. The van der Waals surface area contributed by atoms with E-state index >= 15 is 0 Å². The van der Waals surface area contributed by atoms with E-state index in [2.05, 4.69) is 22.6 Å². The van der Waals surface area contributed by atoms with E-state index in [0.717, 1.165) is 0 Å². The summed E-state index contributed by atoms with van der Waals surface area (Å²) in [5, 5.41) is 6.99. The fourth-order valence-corrected chi connectivity index (χ4v) is 2.97. The van der Waals surface area contributed by atoms with Crippen LogP contribution in [-0.4, -0.2) is 11.0 Å². The summed E-state index contributed by atoms with van der Waals surface area (Å²) in [5.74, 6) is 0. The quantitative estimate of drug-likeness (QED) is 0.795. The summed E-state index contributed by atoms with van der Waals surface area (Å²) in [5.41, 5.74) is 0. The molecule has 1 aliphatic carbocycles. The van der Waals surface area contributed by atoms with Gasteiger partial charge in [0.05, 0.1) is 6.04 Å². The molecular formula is C12H20N2S. The van der Waals surface area contributed by atoms with Crippen LogP contribution >= 0.6 is 11.3 Å². The van der Waals surface area contributed by atoms with Crippen LogP contribution in [0.3, 0.4) is 0 Å². The SMILES string of the molecule is C[C@H](NC1CCCCCC1)c1nccs1. The number of nitrogens with zero attached hydrogens (tertiary/aromatic N) is 1. The first kappa shape index (κ1) is 11.1. The second-order valence-corrected chi connectivity index (χ2v) is 5.37. The van der Waals surface area contributed by atoms with Crippen molar-refractivity contribution >= 4 is 11.3 Å². The number of hydrogen-bond acceptors (Lipinski definition) is 3. The van der Waals surface area contributed by atoms with Crippen molar-refractivity contribution in [3.8, 4) is 0 Å². The first-order valence-electron chi connectivity index (χ1n) is 6.01. The first-order chi connectivity index (χ1) is 7.36. The van der Waals surface area contributed by atoms with Crippen molar-refractivity contribution in [3.63, 3.8) is 0 Å². The summed E-state index contributed by atoms with van der Waals surface area (Å²) in [6.45, 7) is 2.23. The van der Waals surface area contributed by atoms with Crippen LogP contribution in [-0.2, 0) is 0 Å². The fourth-order valence-electron chi connectivity index (χ4n) is 2.32. The predicted octanol–water partition coefficient (Wildman–Crippen LogP) is 3.52. The highest BCUT2D eigenvalue weighted by Gasteiger charge is 2.16. The molecule has 1 atom stereocenters. The molecule has 2 rings (SSSR count). The lowest BCUT2D eigenvalue weighted by Crippen LogP contribution is -2.30. The lowest BCUT2D eigenvalue weighted by molar-refractivity contribution is 0.413. The van der Waals surface area contributed by atoms with Crippen LogP contribution in [0.25, 0.3) is 0 Å². The molecule has 2 nitrogen and oxygen atoms in total. The Labute approximate surface area is 96.1 Å². The third-order valence-corrected chi connectivity index (χ3v) is 4.12. The number of aromatic nitrogens is 1. The predicted molar refractivity (Wildman–Crippen MR) is 65.2 cm³/mol. The zero-order valence-corrected chi connectivity index (χ0v) is 10.2. The second kappa shape index (κ2) is 5.61. The van der Waals surface area contributed by atoms with Crippen molar-refractivity contribution in [1.29, 1.82) is 0 Å². The summed E-state index contributed by atoms with van der Waals surface area (Å²) in [4.78, 5) is 4.36. The molecule has 1 aromatic heterocycles. The summed E-state index contributed by atoms with van der Waals surface area (Å²) < 4.78 is 0. The van der Waals surface area contributed by atoms with Gasteiger partial charge in [-0.2, -0.15) is 0 Å². The molecule has 1 aliphatic rings. The van der Waals surface area contributed by atoms with E-state index in [9.17, 15) is 0 Å². The molecule has 1 aromatic rings. The van der Waals surface area contributed by atoms with Crippen molar-refractivity contribution in [3.05, 3.63) is 16.6 Å². The summed E-state index contributed by atoms with van der Waals surface area (Å²) in [7, 11) is 0. The standard InChI is InChI=1S/C12H20N2S/c1-10(12-13-8-9-15-12)14-11-6-4-2-3-5-7-11/h8-11,14H,2-7H2,1H3/t10-/m0/s1. The van der Waals surface area contributed by atoms with Gasteiger partial charge in [-0.15, -0.1) is 11.3 Å². The van der Waals surface area contributed by atoms with Crippen molar-refractivity contribution in [2.24, 2.45) is 0 Å². The van der Waals surface area contributed by atoms with Gasteiger partial charge in [0, 0.05) is 17.6 Å². The fraction of sp³-hybridized carbons (Fsp3) is 0.750. The summed E-state index contributed by atoms with van der Waals surface area (Å²) >= 11 is 1.75. The van der Waals surface area contributed by atoms with Gasteiger partial charge >= 0.3 is 0 Å². The molecule has 0 saturated heterocycles. The van der Waals surface area contributed by atoms with Crippen molar-refractivity contribution in [2.75, 3.05) is 0 Å². The Kier molecular flexibility index (Phi) is 4.15. The summed E-state index contributed by atoms with van der Waals surface area (Å²) in [6.07, 6.45) is 10.2. The van der Waals surface area contributed by atoms with E-state index in [0.29, 0.717) is 12.1 Å². The van der Waals surface area contributed by atoms with Gasteiger partial charge in [0.15, 0.2) is 0 Å². The Balaban J connectivity index is 1.84. The molecule has 0 unspecified atom stereocenters. The van der Waals surface area contributed by atoms with Gasteiger partial charge in [-0.05, 0) is 19.8 Å². The van der Waals surface area contributed by atoms with Gasteiger partial charge < -0.3 is 5.32 Å². The van der Waals surface area contributed by atoms with Crippen LogP contribution in [0.15, 0.2) is 11.6 Å². The lowest BCUT2D eigenvalue weighted by Gasteiger charge is -2.20.